The summed E-state index contributed by atoms with van der Waals surface area (Å²) in [6.45, 7) is 2.71. The number of fused-ring (bicyclic) bond motifs is 1. The van der Waals surface area contributed by atoms with Crippen molar-refractivity contribution in [2.45, 2.75) is 36.6 Å². The molecular weight excluding hydrogens is 376 g/mol. The lowest BCUT2D eigenvalue weighted by Crippen LogP contribution is -2.42. The largest absolute Gasteiger partial charge is 0.338 e. The molecule has 0 radical (unpaired) electrons. The van der Waals surface area contributed by atoms with Crippen LogP contribution in [0.2, 0.25) is 0 Å². The third-order valence-electron chi connectivity index (χ3n) is 4.32. The number of aromatic nitrogens is 1. The molecule has 1 atom stereocenters. The second-order valence-corrected chi connectivity index (χ2v) is 10.7. The summed E-state index contributed by atoms with van der Waals surface area (Å²) in [5, 5.41) is 0. The van der Waals surface area contributed by atoms with Crippen LogP contribution in [0.3, 0.4) is 0 Å². The number of thiazole rings is 1. The molecule has 0 spiro atoms. The normalized spacial score (nSPS) is 19.3. The molecular formula is C17H22N2O3S3. The van der Waals surface area contributed by atoms with Crippen molar-refractivity contribution >= 4 is 49.1 Å². The van der Waals surface area contributed by atoms with Crippen LogP contribution >= 0.6 is 23.1 Å². The number of nitrogens with zero attached hydrogens (tertiary/aromatic N) is 2. The Labute approximate surface area is 156 Å². The van der Waals surface area contributed by atoms with Gasteiger partial charge in [0.25, 0.3) is 0 Å². The van der Waals surface area contributed by atoms with Crippen molar-refractivity contribution in [2.75, 3.05) is 23.8 Å². The summed E-state index contributed by atoms with van der Waals surface area (Å²) >= 11 is 3.03. The zero-order valence-corrected chi connectivity index (χ0v) is 16.6. The Morgan fingerprint density at radius 3 is 2.88 bits per heavy atom. The second kappa shape index (κ2) is 8.05. The summed E-state index contributed by atoms with van der Waals surface area (Å²) in [5.74, 6) is 0.618. The predicted molar refractivity (Wildman–Crippen MR) is 104 cm³/mol. The smallest absolute Gasteiger partial charge is 0.233 e. The third kappa shape index (κ3) is 4.74. The molecule has 1 saturated heterocycles. The van der Waals surface area contributed by atoms with E-state index in [9.17, 15) is 13.2 Å². The van der Waals surface area contributed by atoms with Crippen molar-refractivity contribution < 1.29 is 13.2 Å². The van der Waals surface area contributed by atoms with E-state index in [1.165, 1.54) is 11.8 Å². The Hall–Kier alpha value is -1.12. The lowest BCUT2D eigenvalue weighted by atomic mass is 10.2. The van der Waals surface area contributed by atoms with Gasteiger partial charge in [-0.2, -0.15) is 0 Å². The highest BCUT2D eigenvalue weighted by molar-refractivity contribution is 8.01. The maximum Gasteiger partial charge on any atom is 0.233 e. The molecule has 2 aromatic rings. The van der Waals surface area contributed by atoms with Gasteiger partial charge in [0.05, 0.1) is 27.5 Å². The SMILES string of the molecule is CCCCN(C(=O)CSc1nc2ccccc2s1)[C@@H]1CCS(=O)(=O)C1. The summed E-state index contributed by atoms with van der Waals surface area (Å²) in [4.78, 5) is 19.1. The Kier molecular flexibility index (Phi) is 6.01. The molecule has 5 nitrogen and oxygen atoms in total. The van der Waals surface area contributed by atoms with E-state index in [0.29, 0.717) is 18.7 Å². The molecule has 0 N–H and O–H groups in total. The van der Waals surface area contributed by atoms with Crippen molar-refractivity contribution in [1.82, 2.24) is 9.88 Å². The summed E-state index contributed by atoms with van der Waals surface area (Å²) in [5.41, 5.74) is 0.951. The Morgan fingerprint density at radius 1 is 1.40 bits per heavy atom. The van der Waals surface area contributed by atoms with Crippen LogP contribution in [0.25, 0.3) is 10.2 Å². The Balaban J connectivity index is 1.65. The summed E-state index contributed by atoms with van der Waals surface area (Å²) in [6, 6.07) is 7.76. The van der Waals surface area contributed by atoms with E-state index in [1.54, 1.807) is 16.2 Å². The van der Waals surface area contributed by atoms with Gasteiger partial charge in [0, 0.05) is 12.6 Å². The molecule has 1 aliphatic heterocycles. The molecule has 1 aromatic carbocycles. The molecule has 1 amide bonds. The van der Waals surface area contributed by atoms with Crippen LogP contribution in [0.1, 0.15) is 26.2 Å². The monoisotopic (exact) mass is 398 g/mol. The van der Waals surface area contributed by atoms with Gasteiger partial charge in [0.2, 0.25) is 5.91 Å². The summed E-state index contributed by atoms with van der Waals surface area (Å²) in [7, 11) is -2.99. The highest BCUT2D eigenvalue weighted by Gasteiger charge is 2.34. The van der Waals surface area contributed by atoms with E-state index in [0.717, 1.165) is 27.4 Å². The van der Waals surface area contributed by atoms with Crippen LogP contribution in [-0.4, -0.2) is 54.1 Å². The Bertz CT molecular complexity index is 815. The molecule has 8 heteroatoms. The number of thioether (sulfide) groups is 1. The van der Waals surface area contributed by atoms with Crippen LogP contribution in [-0.2, 0) is 14.6 Å². The molecule has 0 bridgehead atoms. The van der Waals surface area contributed by atoms with Crippen LogP contribution in [0.4, 0.5) is 0 Å². The van der Waals surface area contributed by atoms with Gasteiger partial charge in [0.1, 0.15) is 0 Å². The van der Waals surface area contributed by atoms with Crippen molar-refractivity contribution in [3.05, 3.63) is 24.3 Å². The summed E-state index contributed by atoms with van der Waals surface area (Å²) < 4.78 is 25.5. The highest BCUT2D eigenvalue weighted by atomic mass is 32.2. The first-order valence-electron chi connectivity index (χ1n) is 8.47. The van der Waals surface area contributed by atoms with Crippen LogP contribution < -0.4 is 0 Å². The maximum atomic E-state index is 12.7. The molecule has 1 aromatic heterocycles. The molecule has 1 aliphatic rings. The van der Waals surface area contributed by atoms with Gasteiger partial charge in [-0.25, -0.2) is 13.4 Å². The van der Waals surface area contributed by atoms with Gasteiger partial charge >= 0.3 is 0 Å². The molecule has 0 unspecified atom stereocenters. The average Bonchev–Trinajstić information content (AvgIpc) is 3.16. The van der Waals surface area contributed by atoms with E-state index in [2.05, 4.69) is 11.9 Å². The maximum absolute atomic E-state index is 12.7. The number of para-hydroxylation sites is 1. The van der Waals surface area contributed by atoms with Crippen molar-refractivity contribution in [2.24, 2.45) is 0 Å². The fourth-order valence-corrected chi connectivity index (χ4v) is 6.66. The number of amides is 1. The number of carbonyl (C=O) groups is 1. The number of carbonyl (C=O) groups excluding carboxylic acids is 1. The van der Waals surface area contributed by atoms with E-state index in [1.807, 2.05) is 24.3 Å². The third-order valence-corrected chi connectivity index (χ3v) is 8.23. The molecule has 0 aliphatic carbocycles. The first-order valence-corrected chi connectivity index (χ1v) is 12.1. The standard InChI is InChI=1S/C17H22N2O3S3/c1-2-3-9-19(13-8-10-25(21,22)12-13)16(20)11-23-17-18-14-6-4-5-7-15(14)24-17/h4-7,13H,2-3,8-12H2,1H3/t13-/m1/s1. The van der Waals surface area contributed by atoms with Crippen molar-refractivity contribution in [3.63, 3.8) is 0 Å². The molecule has 1 fully saturated rings. The minimum atomic E-state index is -2.99. The van der Waals surface area contributed by atoms with Gasteiger partial charge in [-0.3, -0.25) is 4.79 Å². The van der Waals surface area contributed by atoms with E-state index >= 15 is 0 Å². The van der Waals surface area contributed by atoms with Crippen LogP contribution in [0.15, 0.2) is 28.6 Å². The fraction of sp³-hybridized carbons (Fsp3) is 0.529. The topological polar surface area (TPSA) is 67.3 Å². The number of unbranched alkanes of at least 4 members (excludes halogenated alkanes) is 1. The lowest BCUT2D eigenvalue weighted by Gasteiger charge is -2.28. The lowest BCUT2D eigenvalue weighted by molar-refractivity contribution is -0.130. The van der Waals surface area contributed by atoms with E-state index in [-0.39, 0.29) is 23.5 Å². The van der Waals surface area contributed by atoms with E-state index < -0.39 is 9.84 Å². The summed E-state index contributed by atoms with van der Waals surface area (Å²) in [6.07, 6.45) is 2.44. The van der Waals surface area contributed by atoms with Crippen molar-refractivity contribution in [1.29, 1.82) is 0 Å². The van der Waals surface area contributed by atoms with Gasteiger partial charge in [0.15, 0.2) is 14.2 Å². The fourth-order valence-electron chi connectivity index (χ4n) is 2.98. The molecule has 0 saturated carbocycles. The van der Waals surface area contributed by atoms with Gasteiger partial charge in [-0.1, -0.05) is 37.2 Å². The van der Waals surface area contributed by atoms with Crippen molar-refractivity contribution in [3.8, 4) is 0 Å². The number of benzene rings is 1. The minimum absolute atomic E-state index is 0.0137. The molecule has 3 rings (SSSR count). The zero-order chi connectivity index (χ0) is 17.9. The number of hydrogen-bond donors (Lipinski definition) is 0. The van der Waals surface area contributed by atoms with Gasteiger partial charge in [-0.05, 0) is 25.0 Å². The molecule has 2 heterocycles. The first kappa shape index (κ1) is 18.7. The molecule has 136 valence electrons. The number of hydrogen-bond acceptors (Lipinski definition) is 6. The van der Waals surface area contributed by atoms with Gasteiger partial charge < -0.3 is 4.90 Å². The van der Waals surface area contributed by atoms with Crippen LogP contribution in [0.5, 0.6) is 0 Å². The molecule has 25 heavy (non-hydrogen) atoms. The number of sulfone groups is 1. The Morgan fingerprint density at radius 2 is 2.20 bits per heavy atom. The van der Waals surface area contributed by atoms with Gasteiger partial charge in [-0.15, -0.1) is 11.3 Å². The highest BCUT2D eigenvalue weighted by Crippen LogP contribution is 2.30. The number of rotatable bonds is 7. The van der Waals surface area contributed by atoms with E-state index in [4.69, 9.17) is 0 Å². The minimum Gasteiger partial charge on any atom is -0.338 e. The van der Waals surface area contributed by atoms with Crippen LogP contribution in [0, 0.1) is 0 Å². The first-order chi connectivity index (χ1) is 12.0. The quantitative estimate of drug-likeness (QED) is 0.670. The zero-order valence-electron chi connectivity index (χ0n) is 14.2. The predicted octanol–water partition coefficient (Wildman–Crippen LogP) is 3.20. The second-order valence-electron chi connectivity index (χ2n) is 6.23. The average molecular weight is 399 g/mol.